The van der Waals surface area contributed by atoms with Gasteiger partial charge in [-0.25, -0.2) is 4.98 Å². The molecule has 0 saturated carbocycles. The zero-order valence-corrected chi connectivity index (χ0v) is 40.2. The smallest absolute Gasteiger partial charge is 0.238 e. The summed E-state index contributed by atoms with van der Waals surface area (Å²) in [5.74, 6) is 1.54. The largest absolute Gasteiger partial charge is 0.289 e. The summed E-state index contributed by atoms with van der Waals surface area (Å²) in [6.45, 7) is 11.2. The van der Waals surface area contributed by atoms with Crippen LogP contribution in [0, 0.1) is 20.8 Å². The summed E-state index contributed by atoms with van der Waals surface area (Å²) in [5.41, 5.74) is 20.6. The normalized spacial score (nSPS) is 11.4. The van der Waals surface area contributed by atoms with E-state index in [-0.39, 0.29) is 5.78 Å². The number of carbonyl (C=O) groups excluding carboxylic acids is 1. The summed E-state index contributed by atoms with van der Waals surface area (Å²) < 4.78 is 2.15. The van der Waals surface area contributed by atoms with Crippen molar-refractivity contribution >= 4 is 27.6 Å². The molecular formula is C65H52N4O. The molecule has 0 bridgehead atoms. The molecule has 0 aliphatic heterocycles. The first-order valence-corrected chi connectivity index (χ1v) is 24.3. The molecule has 11 aromatic rings. The third kappa shape index (κ3) is 7.79. The van der Waals surface area contributed by atoms with Crippen LogP contribution in [0.1, 0.15) is 57.6 Å². The number of hydrogen-bond donors (Lipinski definition) is 0. The van der Waals surface area contributed by atoms with Crippen LogP contribution >= 0.6 is 0 Å². The van der Waals surface area contributed by atoms with Crippen LogP contribution in [0.25, 0.3) is 95.0 Å². The molecule has 70 heavy (non-hydrogen) atoms. The van der Waals surface area contributed by atoms with Crippen molar-refractivity contribution in [2.75, 3.05) is 0 Å². The van der Waals surface area contributed by atoms with Gasteiger partial charge in [-0.2, -0.15) is 9.97 Å². The lowest BCUT2D eigenvalue weighted by molar-refractivity contribution is 0.103. The van der Waals surface area contributed by atoms with E-state index in [4.69, 9.17) is 15.0 Å². The number of rotatable bonds is 11. The van der Waals surface area contributed by atoms with Gasteiger partial charge < -0.3 is 0 Å². The summed E-state index contributed by atoms with van der Waals surface area (Å²) in [6, 6.07) is 69.1. The van der Waals surface area contributed by atoms with Crippen LogP contribution in [-0.2, 0) is 12.8 Å². The molecule has 0 saturated heterocycles. The molecule has 2 heterocycles. The fourth-order valence-electron chi connectivity index (χ4n) is 10.7. The number of nitrogens with zero attached hydrogens (tertiary/aromatic N) is 4. The van der Waals surface area contributed by atoms with E-state index < -0.39 is 0 Å². The summed E-state index contributed by atoms with van der Waals surface area (Å²) in [6.07, 6.45) is 1.75. The minimum Gasteiger partial charge on any atom is -0.289 e. The Morgan fingerprint density at radius 3 is 1.51 bits per heavy atom. The van der Waals surface area contributed by atoms with E-state index in [1.54, 1.807) is 0 Å². The van der Waals surface area contributed by atoms with E-state index in [0.29, 0.717) is 28.7 Å². The van der Waals surface area contributed by atoms with Crippen LogP contribution in [0.4, 0.5) is 0 Å². The van der Waals surface area contributed by atoms with Crippen LogP contribution < -0.4 is 0 Å². The van der Waals surface area contributed by atoms with Crippen LogP contribution in [-0.4, -0.2) is 25.3 Å². The van der Waals surface area contributed by atoms with Gasteiger partial charge >= 0.3 is 0 Å². The number of aryl methyl sites for hydroxylation is 2. The Kier molecular flexibility index (Phi) is 11.6. The van der Waals surface area contributed by atoms with Gasteiger partial charge in [0.2, 0.25) is 5.95 Å². The van der Waals surface area contributed by atoms with Crippen molar-refractivity contribution in [1.29, 1.82) is 0 Å². The fraction of sp³-hybridized carbons (Fsp3) is 0.108. The summed E-state index contributed by atoms with van der Waals surface area (Å²) in [4.78, 5) is 30.3. The summed E-state index contributed by atoms with van der Waals surface area (Å²) in [5, 5.41) is 2.07. The molecule has 0 aliphatic rings. The Balaban J connectivity index is 1.17. The molecule has 338 valence electrons. The van der Waals surface area contributed by atoms with E-state index in [1.165, 1.54) is 66.8 Å². The Labute approximate surface area is 409 Å². The molecule has 2 aromatic heterocycles. The zero-order valence-electron chi connectivity index (χ0n) is 40.2. The average molecular weight is 905 g/mol. The Morgan fingerprint density at radius 2 is 0.900 bits per heavy atom. The predicted molar refractivity (Wildman–Crippen MR) is 290 cm³/mol. The molecule has 11 rings (SSSR count). The molecule has 0 fully saturated rings. The van der Waals surface area contributed by atoms with Gasteiger partial charge in [-0.1, -0.05) is 190 Å². The minimum absolute atomic E-state index is 0.0447. The second-order valence-corrected chi connectivity index (χ2v) is 18.1. The maximum atomic E-state index is 14.2. The molecule has 0 atom stereocenters. The Hall–Kier alpha value is -8.54. The first kappa shape index (κ1) is 44.0. The van der Waals surface area contributed by atoms with Gasteiger partial charge in [0.05, 0.1) is 11.0 Å². The van der Waals surface area contributed by atoms with Gasteiger partial charge in [-0.3, -0.25) is 9.36 Å². The molecular weight excluding hydrogens is 853 g/mol. The molecule has 0 aliphatic carbocycles. The number of aromatic nitrogens is 4. The number of ketones is 1. The Bertz CT molecular complexity index is 3700. The lowest BCUT2D eigenvalue weighted by Gasteiger charge is -2.23. The molecule has 0 amide bonds. The first-order valence-electron chi connectivity index (χ1n) is 24.3. The van der Waals surface area contributed by atoms with E-state index in [9.17, 15) is 4.79 Å². The minimum atomic E-state index is -0.0447. The highest BCUT2D eigenvalue weighted by molar-refractivity contribution is 6.15. The summed E-state index contributed by atoms with van der Waals surface area (Å²) >= 11 is 0. The van der Waals surface area contributed by atoms with Crippen molar-refractivity contribution in [3.8, 4) is 73.2 Å². The quantitative estimate of drug-likeness (QED) is 0.121. The topological polar surface area (TPSA) is 60.7 Å². The van der Waals surface area contributed by atoms with Gasteiger partial charge in [0.25, 0.3) is 0 Å². The van der Waals surface area contributed by atoms with Crippen LogP contribution in [0.2, 0.25) is 0 Å². The molecule has 0 radical (unpaired) electrons. The third-order valence-electron chi connectivity index (χ3n) is 14.0. The molecule has 0 unspecified atom stereocenters. The van der Waals surface area contributed by atoms with Gasteiger partial charge in [-0.15, -0.1) is 0 Å². The van der Waals surface area contributed by atoms with E-state index in [2.05, 4.69) is 167 Å². The molecule has 5 nitrogen and oxygen atoms in total. The number of benzene rings is 9. The SMILES string of the molecule is CCc1ccccc1-c1cc2c3ccc(C(=O)c4ccccc4)cc3n(-c3nc(-c4ccccc4)nc(-c4cccc(-c5c(C)c(-c6ccccc6)c(C)c(-c6ccccc6)c5C)c4)n3)c2cc1CC. The second-order valence-electron chi connectivity index (χ2n) is 18.1. The monoisotopic (exact) mass is 904 g/mol. The maximum absolute atomic E-state index is 14.2. The fourth-order valence-corrected chi connectivity index (χ4v) is 10.7. The van der Waals surface area contributed by atoms with Crippen molar-refractivity contribution in [2.45, 2.75) is 47.5 Å². The Morgan fingerprint density at radius 1 is 0.400 bits per heavy atom. The van der Waals surface area contributed by atoms with Crippen molar-refractivity contribution in [3.63, 3.8) is 0 Å². The summed E-state index contributed by atoms with van der Waals surface area (Å²) in [7, 11) is 0. The van der Waals surface area contributed by atoms with Crippen LogP contribution in [0.5, 0.6) is 0 Å². The van der Waals surface area contributed by atoms with Gasteiger partial charge in [0.1, 0.15) is 0 Å². The van der Waals surface area contributed by atoms with Gasteiger partial charge in [-0.05, 0) is 130 Å². The van der Waals surface area contributed by atoms with Crippen molar-refractivity contribution in [2.24, 2.45) is 0 Å². The van der Waals surface area contributed by atoms with Crippen molar-refractivity contribution < 1.29 is 4.79 Å². The maximum Gasteiger partial charge on any atom is 0.238 e. The molecule has 9 aromatic carbocycles. The molecule has 0 N–H and O–H groups in total. The molecule has 0 spiro atoms. The highest BCUT2D eigenvalue weighted by Gasteiger charge is 2.24. The predicted octanol–water partition coefficient (Wildman–Crippen LogP) is 16.3. The van der Waals surface area contributed by atoms with E-state index in [0.717, 1.165) is 51.3 Å². The van der Waals surface area contributed by atoms with E-state index >= 15 is 0 Å². The highest BCUT2D eigenvalue weighted by atomic mass is 16.1. The van der Waals surface area contributed by atoms with Crippen LogP contribution in [0.3, 0.4) is 0 Å². The number of carbonyl (C=O) groups is 1. The second kappa shape index (κ2) is 18.5. The van der Waals surface area contributed by atoms with Crippen molar-refractivity contribution in [1.82, 2.24) is 19.5 Å². The number of hydrogen-bond acceptors (Lipinski definition) is 4. The number of fused-ring (bicyclic) bond motifs is 3. The third-order valence-corrected chi connectivity index (χ3v) is 14.0. The average Bonchev–Trinajstić information content (AvgIpc) is 3.73. The standard InChI is InChI=1S/C65H52N4O/c1-6-44-23-20-21-34-53(44)55-40-56-54-36-35-51(62(70)48-28-16-10-17-29-48)39-57(54)69(58(56)38-45(55)7-2)65-67-63(49-30-18-11-19-31-49)66-64(68-65)52-33-22-32-50(37-52)61-42(4)59(46-24-12-8-13-25-46)41(3)60(43(61)5)47-26-14-9-15-27-47/h8-40H,6-7H2,1-5H3. The van der Waals surface area contributed by atoms with Crippen molar-refractivity contribution in [3.05, 3.63) is 239 Å². The molecule has 5 heteroatoms. The van der Waals surface area contributed by atoms with Gasteiger partial charge in [0, 0.05) is 33.0 Å². The lowest BCUT2D eigenvalue weighted by atomic mass is 9.80. The highest BCUT2D eigenvalue weighted by Crippen LogP contribution is 2.45. The van der Waals surface area contributed by atoms with E-state index in [1.807, 2.05) is 72.8 Å². The first-order chi connectivity index (χ1) is 34.3. The lowest BCUT2D eigenvalue weighted by Crippen LogP contribution is -2.07. The zero-order chi connectivity index (χ0) is 47.9. The van der Waals surface area contributed by atoms with Crippen LogP contribution in [0.15, 0.2) is 200 Å². The van der Waals surface area contributed by atoms with Gasteiger partial charge in [0.15, 0.2) is 17.4 Å².